The number of nitrogens with zero attached hydrogens (tertiary/aromatic N) is 3. The van der Waals surface area contributed by atoms with Gasteiger partial charge in [-0.05, 0) is 50.0 Å². The van der Waals surface area contributed by atoms with Gasteiger partial charge in [0.1, 0.15) is 5.82 Å². The number of aliphatic hydroxyl groups is 1. The summed E-state index contributed by atoms with van der Waals surface area (Å²) in [6.07, 6.45) is 4.28. The molecule has 2 aromatic rings. The Morgan fingerprint density at radius 2 is 1.94 bits per heavy atom. The Kier molecular flexibility index (Phi) is 5.93. The third kappa shape index (κ3) is 4.14. The number of amides is 1. The fourth-order valence-corrected chi connectivity index (χ4v) is 5.12. The second kappa shape index (κ2) is 9.00. The number of benzene rings is 2. The van der Waals surface area contributed by atoms with Crippen molar-refractivity contribution in [3.05, 3.63) is 70.5 Å². The van der Waals surface area contributed by atoms with E-state index in [2.05, 4.69) is 15.4 Å². The molecule has 32 heavy (non-hydrogen) atoms. The zero-order valence-corrected chi connectivity index (χ0v) is 18.1. The lowest BCUT2D eigenvalue weighted by Crippen LogP contribution is -2.41. The van der Waals surface area contributed by atoms with E-state index in [0.717, 1.165) is 41.9 Å². The highest BCUT2D eigenvalue weighted by Gasteiger charge is 2.32. The summed E-state index contributed by atoms with van der Waals surface area (Å²) in [5.41, 5.74) is 6.04. The molecule has 2 fully saturated rings. The van der Waals surface area contributed by atoms with E-state index in [-0.39, 0.29) is 11.5 Å². The highest BCUT2D eigenvalue weighted by molar-refractivity contribution is 6.04. The number of fused-ring (bicyclic) bond motifs is 1. The van der Waals surface area contributed by atoms with E-state index in [1.807, 2.05) is 24.3 Å². The van der Waals surface area contributed by atoms with Gasteiger partial charge in [-0.1, -0.05) is 36.8 Å². The number of aliphatic hydroxyl groups excluding tert-OH is 1. The maximum absolute atomic E-state index is 14.7. The van der Waals surface area contributed by atoms with Gasteiger partial charge in [0.15, 0.2) is 6.23 Å². The second-order valence-electron chi connectivity index (χ2n) is 8.96. The molecule has 0 radical (unpaired) electrons. The third-order valence-corrected chi connectivity index (χ3v) is 6.88. The summed E-state index contributed by atoms with van der Waals surface area (Å²) in [7, 11) is 0. The van der Waals surface area contributed by atoms with Crippen molar-refractivity contribution in [2.75, 3.05) is 26.2 Å². The molecule has 7 heteroatoms. The molecular formula is C25H29FN4O2. The van der Waals surface area contributed by atoms with Crippen LogP contribution in [0.2, 0.25) is 0 Å². The van der Waals surface area contributed by atoms with E-state index in [4.69, 9.17) is 0 Å². The van der Waals surface area contributed by atoms with Crippen molar-refractivity contribution >= 4 is 11.6 Å². The Hall–Kier alpha value is -2.77. The molecule has 0 aromatic heterocycles. The molecule has 1 amide bonds. The van der Waals surface area contributed by atoms with Gasteiger partial charge in [-0.2, -0.15) is 5.10 Å². The lowest BCUT2D eigenvalue weighted by Gasteiger charge is -2.32. The van der Waals surface area contributed by atoms with E-state index in [1.165, 1.54) is 25.3 Å². The van der Waals surface area contributed by atoms with Crippen LogP contribution in [0.4, 0.5) is 4.39 Å². The van der Waals surface area contributed by atoms with Crippen LogP contribution in [0.15, 0.2) is 47.6 Å². The number of piperidine rings is 1. The predicted molar refractivity (Wildman–Crippen MR) is 121 cm³/mol. The molecule has 0 bridgehead atoms. The molecule has 5 rings (SSSR count). The maximum Gasteiger partial charge on any atom is 0.256 e. The number of hydrogen-bond donors (Lipinski definition) is 2. The molecule has 168 valence electrons. The Balaban J connectivity index is 1.32. The van der Waals surface area contributed by atoms with Crippen molar-refractivity contribution < 1.29 is 14.3 Å². The van der Waals surface area contributed by atoms with Crippen LogP contribution in [0.3, 0.4) is 0 Å². The summed E-state index contributed by atoms with van der Waals surface area (Å²) in [6, 6.07) is 12.7. The molecule has 0 saturated carbocycles. The van der Waals surface area contributed by atoms with Crippen molar-refractivity contribution in [3.8, 4) is 0 Å². The molecule has 3 aliphatic rings. The van der Waals surface area contributed by atoms with E-state index < -0.39 is 12.0 Å². The Labute approximate surface area is 187 Å². The lowest BCUT2D eigenvalue weighted by atomic mass is 9.95. The topological polar surface area (TPSA) is 68.2 Å². The maximum atomic E-state index is 14.7. The first-order valence-corrected chi connectivity index (χ1v) is 11.5. The lowest BCUT2D eigenvalue weighted by molar-refractivity contribution is 0.0767. The van der Waals surface area contributed by atoms with Crippen LogP contribution >= 0.6 is 0 Å². The van der Waals surface area contributed by atoms with Gasteiger partial charge >= 0.3 is 0 Å². The molecule has 2 aromatic carbocycles. The number of rotatable bonds is 4. The first-order valence-electron chi connectivity index (χ1n) is 11.5. The third-order valence-electron chi connectivity index (χ3n) is 6.88. The fourth-order valence-electron chi connectivity index (χ4n) is 5.12. The first-order chi connectivity index (χ1) is 15.6. The molecule has 2 atom stereocenters. The molecule has 0 spiro atoms. The highest BCUT2D eigenvalue weighted by Crippen LogP contribution is 2.25. The van der Waals surface area contributed by atoms with Crippen molar-refractivity contribution in [2.45, 2.75) is 44.4 Å². The Morgan fingerprint density at radius 3 is 2.78 bits per heavy atom. The molecule has 3 aliphatic heterocycles. The van der Waals surface area contributed by atoms with Gasteiger partial charge in [0, 0.05) is 36.7 Å². The van der Waals surface area contributed by atoms with E-state index in [0.29, 0.717) is 25.6 Å². The summed E-state index contributed by atoms with van der Waals surface area (Å²) in [6.45, 7) is 3.54. The second-order valence-corrected chi connectivity index (χ2v) is 8.96. The SMILES string of the molecule is O=C(c1cc(CC2=NN[C@H](O)c3ccccc32)ccc1F)N1CCC(N2CCCCC2)C1. The number of likely N-dealkylation sites (tertiary alicyclic amines) is 2. The summed E-state index contributed by atoms with van der Waals surface area (Å²) in [5, 5.41) is 14.4. The number of nitrogens with one attached hydrogen (secondary N) is 1. The number of halogens is 1. The number of hydrazone groups is 1. The standard InChI is InChI=1S/C25H29FN4O2/c26-22-9-8-17(15-23-19-6-2-3-7-20(19)24(31)28-27-23)14-21(22)25(32)30-13-10-18(16-30)29-11-4-1-5-12-29/h2-3,6-9,14,18,24,28,31H,1,4-5,10-13,15-16H2/t18?,24-/m1/s1. The van der Waals surface area contributed by atoms with Gasteiger partial charge in [0.25, 0.3) is 5.91 Å². The van der Waals surface area contributed by atoms with Gasteiger partial charge in [0.05, 0.1) is 11.3 Å². The summed E-state index contributed by atoms with van der Waals surface area (Å²) in [5.74, 6) is -0.719. The summed E-state index contributed by atoms with van der Waals surface area (Å²) < 4.78 is 14.7. The van der Waals surface area contributed by atoms with Crippen molar-refractivity contribution in [1.29, 1.82) is 0 Å². The average Bonchev–Trinajstić information content (AvgIpc) is 3.33. The largest absolute Gasteiger partial charge is 0.368 e. The van der Waals surface area contributed by atoms with Crippen LogP contribution in [-0.4, -0.2) is 58.7 Å². The van der Waals surface area contributed by atoms with E-state index >= 15 is 0 Å². The molecule has 2 saturated heterocycles. The van der Waals surface area contributed by atoms with Crippen LogP contribution in [0, 0.1) is 5.82 Å². The molecule has 2 N–H and O–H groups in total. The summed E-state index contributed by atoms with van der Waals surface area (Å²) in [4.78, 5) is 17.5. The summed E-state index contributed by atoms with van der Waals surface area (Å²) >= 11 is 0. The zero-order valence-electron chi connectivity index (χ0n) is 18.1. The van der Waals surface area contributed by atoms with Gasteiger partial charge in [-0.3, -0.25) is 15.1 Å². The van der Waals surface area contributed by atoms with E-state index in [1.54, 1.807) is 17.0 Å². The monoisotopic (exact) mass is 436 g/mol. The molecule has 3 heterocycles. The van der Waals surface area contributed by atoms with E-state index in [9.17, 15) is 14.3 Å². The van der Waals surface area contributed by atoms with Crippen molar-refractivity contribution in [2.24, 2.45) is 5.10 Å². The normalized spacial score (nSPS) is 23.4. The van der Waals surface area contributed by atoms with Crippen molar-refractivity contribution in [1.82, 2.24) is 15.2 Å². The predicted octanol–water partition coefficient (Wildman–Crippen LogP) is 3.07. The van der Waals surface area contributed by atoms with Crippen LogP contribution in [0.25, 0.3) is 0 Å². The average molecular weight is 437 g/mol. The fraction of sp³-hybridized carbons (Fsp3) is 0.440. The number of hydrogen-bond acceptors (Lipinski definition) is 5. The van der Waals surface area contributed by atoms with Gasteiger partial charge in [-0.15, -0.1) is 0 Å². The minimum absolute atomic E-state index is 0.125. The molecule has 0 aliphatic carbocycles. The van der Waals surface area contributed by atoms with Gasteiger partial charge in [0.2, 0.25) is 0 Å². The van der Waals surface area contributed by atoms with Crippen molar-refractivity contribution in [3.63, 3.8) is 0 Å². The molecule has 1 unspecified atom stereocenters. The highest BCUT2D eigenvalue weighted by atomic mass is 19.1. The smallest absolute Gasteiger partial charge is 0.256 e. The Bertz CT molecular complexity index is 1030. The quantitative estimate of drug-likeness (QED) is 0.773. The minimum atomic E-state index is -0.844. The van der Waals surface area contributed by atoms with Crippen LogP contribution in [-0.2, 0) is 6.42 Å². The molecule has 6 nitrogen and oxygen atoms in total. The number of carbonyl (C=O) groups is 1. The van der Waals surface area contributed by atoms with Crippen LogP contribution in [0.1, 0.15) is 59.0 Å². The number of carbonyl (C=O) groups excluding carboxylic acids is 1. The zero-order chi connectivity index (χ0) is 22.1. The first kappa shape index (κ1) is 21.1. The van der Waals surface area contributed by atoms with Crippen LogP contribution in [0.5, 0.6) is 0 Å². The minimum Gasteiger partial charge on any atom is -0.368 e. The Morgan fingerprint density at radius 1 is 1.12 bits per heavy atom. The van der Waals surface area contributed by atoms with Crippen LogP contribution < -0.4 is 5.43 Å². The molecular weight excluding hydrogens is 407 g/mol. The van der Waals surface area contributed by atoms with Gasteiger partial charge in [-0.25, -0.2) is 4.39 Å². The van der Waals surface area contributed by atoms with Gasteiger partial charge < -0.3 is 10.0 Å².